The fraction of sp³-hybridized carbons (Fsp3) is 0.500. The van der Waals surface area contributed by atoms with Crippen molar-refractivity contribution in [2.75, 3.05) is 38.2 Å². The third-order valence-electron chi connectivity index (χ3n) is 4.60. The summed E-state index contributed by atoms with van der Waals surface area (Å²) < 4.78 is 5.28. The normalized spacial score (nSPS) is 21.2. The molecule has 0 N–H and O–H groups in total. The minimum absolute atomic E-state index is 0.307. The number of benzene rings is 1. The number of allylic oxidation sites excluding steroid dienone is 2. The SMILES string of the molecule is COc1cccc(N2CCN(C(=O)CC3C=CCC3)CC2)c1. The lowest BCUT2D eigenvalue weighted by atomic mass is 10.0. The molecule has 1 amide bonds. The molecule has 1 aromatic rings. The van der Waals surface area contributed by atoms with Crippen LogP contribution in [0.15, 0.2) is 36.4 Å². The molecule has 1 aromatic carbocycles. The molecule has 22 heavy (non-hydrogen) atoms. The molecule has 0 aromatic heterocycles. The van der Waals surface area contributed by atoms with Gasteiger partial charge in [-0.05, 0) is 30.9 Å². The van der Waals surface area contributed by atoms with Gasteiger partial charge in [0.2, 0.25) is 5.91 Å². The number of nitrogens with zero attached hydrogens (tertiary/aromatic N) is 2. The zero-order valence-electron chi connectivity index (χ0n) is 13.2. The summed E-state index contributed by atoms with van der Waals surface area (Å²) in [6, 6.07) is 8.13. The Kier molecular flexibility index (Phi) is 4.66. The van der Waals surface area contributed by atoms with Crippen molar-refractivity contribution < 1.29 is 9.53 Å². The zero-order valence-corrected chi connectivity index (χ0v) is 13.2. The summed E-state index contributed by atoms with van der Waals surface area (Å²) in [5.41, 5.74) is 1.17. The van der Waals surface area contributed by atoms with Gasteiger partial charge in [-0.15, -0.1) is 0 Å². The molecule has 2 aliphatic rings. The maximum atomic E-state index is 12.4. The topological polar surface area (TPSA) is 32.8 Å². The van der Waals surface area contributed by atoms with E-state index in [2.05, 4.69) is 29.2 Å². The lowest BCUT2D eigenvalue weighted by Gasteiger charge is -2.36. The Bertz CT molecular complexity index is 548. The van der Waals surface area contributed by atoms with Crippen molar-refractivity contribution in [3.8, 4) is 5.75 Å². The number of carbonyl (C=O) groups is 1. The molecule has 1 heterocycles. The van der Waals surface area contributed by atoms with E-state index >= 15 is 0 Å². The molecule has 1 unspecified atom stereocenters. The number of hydrogen-bond acceptors (Lipinski definition) is 3. The molecule has 3 rings (SSSR count). The number of rotatable bonds is 4. The van der Waals surface area contributed by atoms with Gasteiger partial charge in [0.15, 0.2) is 0 Å². The van der Waals surface area contributed by atoms with E-state index in [1.165, 1.54) is 5.69 Å². The molecular weight excluding hydrogens is 276 g/mol. The number of hydrogen-bond donors (Lipinski definition) is 0. The van der Waals surface area contributed by atoms with E-state index in [1.807, 2.05) is 17.0 Å². The van der Waals surface area contributed by atoms with Gasteiger partial charge in [-0.1, -0.05) is 18.2 Å². The maximum absolute atomic E-state index is 12.4. The van der Waals surface area contributed by atoms with Crippen molar-refractivity contribution >= 4 is 11.6 Å². The van der Waals surface area contributed by atoms with Crippen molar-refractivity contribution in [2.45, 2.75) is 19.3 Å². The van der Waals surface area contributed by atoms with Gasteiger partial charge in [-0.2, -0.15) is 0 Å². The maximum Gasteiger partial charge on any atom is 0.223 e. The lowest BCUT2D eigenvalue weighted by molar-refractivity contribution is -0.132. The molecule has 1 saturated heterocycles. The van der Waals surface area contributed by atoms with E-state index in [4.69, 9.17) is 4.74 Å². The molecule has 1 atom stereocenters. The van der Waals surface area contributed by atoms with Crippen LogP contribution in [0.5, 0.6) is 5.75 Å². The van der Waals surface area contributed by atoms with E-state index in [-0.39, 0.29) is 0 Å². The highest BCUT2D eigenvalue weighted by Gasteiger charge is 2.23. The van der Waals surface area contributed by atoms with Crippen LogP contribution in [-0.4, -0.2) is 44.1 Å². The summed E-state index contributed by atoms with van der Waals surface area (Å²) in [7, 11) is 1.69. The second-order valence-electron chi connectivity index (χ2n) is 6.04. The molecule has 1 aliphatic heterocycles. The van der Waals surface area contributed by atoms with Crippen LogP contribution in [0.1, 0.15) is 19.3 Å². The quantitative estimate of drug-likeness (QED) is 0.802. The van der Waals surface area contributed by atoms with Crippen molar-refractivity contribution in [2.24, 2.45) is 5.92 Å². The van der Waals surface area contributed by atoms with Gasteiger partial charge in [0.05, 0.1) is 7.11 Å². The van der Waals surface area contributed by atoms with Crippen LogP contribution < -0.4 is 9.64 Å². The first-order valence-electron chi connectivity index (χ1n) is 8.09. The van der Waals surface area contributed by atoms with Gasteiger partial charge >= 0.3 is 0 Å². The van der Waals surface area contributed by atoms with Crippen LogP contribution in [-0.2, 0) is 4.79 Å². The van der Waals surface area contributed by atoms with Crippen molar-refractivity contribution in [3.05, 3.63) is 36.4 Å². The Morgan fingerprint density at radius 2 is 2.09 bits per heavy atom. The third-order valence-corrected chi connectivity index (χ3v) is 4.60. The second kappa shape index (κ2) is 6.86. The second-order valence-corrected chi connectivity index (χ2v) is 6.04. The van der Waals surface area contributed by atoms with Gasteiger partial charge in [-0.3, -0.25) is 4.79 Å². The molecule has 1 aliphatic carbocycles. The number of amides is 1. The predicted octanol–water partition coefficient (Wildman–Crippen LogP) is 2.70. The largest absolute Gasteiger partial charge is 0.497 e. The summed E-state index contributed by atoms with van der Waals surface area (Å²) in [5, 5.41) is 0. The first-order valence-corrected chi connectivity index (χ1v) is 8.09. The van der Waals surface area contributed by atoms with Gasteiger partial charge in [-0.25, -0.2) is 0 Å². The number of carbonyl (C=O) groups excluding carboxylic acids is 1. The monoisotopic (exact) mass is 300 g/mol. The summed E-state index contributed by atoms with van der Waals surface area (Å²) in [6.07, 6.45) is 7.33. The average Bonchev–Trinajstić information content (AvgIpc) is 3.08. The van der Waals surface area contributed by atoms with E-state index in [0.717, 1.165) is 44.8 Å². The molecule has 0 bridgehead atoms. The van der Waals surface area contributed by atoms with Gasteiger partial charge in [0.1, 0.15) is 5.75 Å². The highest BCUT2D eigenvalue weighted by atomic mass is 16.5. The number of ether oxygens (including phenoxy) is 1. The molecule has 4 nitrogen and oxygen atoms in total. The van der Waals surface area contributed by atoms with Crippen LogP contribution >= 0.6 is 0 Å². The number of methoxy groups -OCH3 is 1. The van der Waals surface area contributed by atoms with Crippen LogP contribution in [0.4, 0.5) is 5.69 Å². The molecule has 1 fully saturated rings. The average molecular weight is 300 g/mol. The van der Waals surface area contributed by atoms with Gasteiger partial charge in [0, 0.05) is 44.4 Å². The highest BCUT2D eigenvalue weighted by Crippen LogP contribution is 2.24. The zero-order chi connectivity index (χ0) is 15.4. The van der Waals surface area contributed by atoms with Crippen LogP contribution in [0.3, 0.4) is 0 Å². The number of piperazine rings is 1. The Morgan fingerprint density at radius 3 is 2.77 bits per heavy atom. The Morgan fingerprint density at radius 1 is 1.27 bits per heavy atom. The van der Waals surface area contributed by atoms with Crippen LogP contribution in [0.2, 0.25) is 0 Å². The van der Waals surface area contributed by atoms with Gasteiger partial charge in [0.25, 0.3) is 0 Å². The first kappa shape index (κ1) is 14.9. The summed E-state index contributed by atoms with van der Waals surface area (Å²) in [6.45, 7) is 3.40. The molecule has 0 radical (unpaired) electrons. The lowest BCUT2D eigenvalue weighted by Crippen LogP contribution is -2.49. The molecule has 0 spiro atoms. The van der Waals surface area contributed by atoms with Crippen molar-refractivity contribution in [1.82, 2.24) is 4.90 Å². The van der Waals surface area contributed by atoms with Crippen molar-refractivity contribution in [3.63, 3.8) is 0 Å². The highest BCUT2D eigenvalue weighted by molar-refractivity contribution is 5.77. The van der Waals surface area contributed by atoms with E-state index in [1.54, 1.807) is 7.11 Å². The molecular formula is C18H24N2O2. The fourth-order valence-corrected chi connectivity index (χ4v) is 3.24. The van der Waals surface area contributed by atoms with E-state index < -0.39 is 0 Å². The smallest absolute Gasteiger partial charge is 0.223 e. The number of anilines is 1. The minimum atomic E-state index is 0.307. The fourth-order valence-electron chi connectivity index (χ4n) is 3.24. The standard InChI is InChI=1S/C18H24N2O2/c1-22-17-8-4-7-16(14-17)19-9-11-20(12-10-19)18(21)13-15-5-2-3-6-15/h2,4-5,7-8,14-15H,3,6,9-13H2,1H3. The van der Waals surface area contributed by atoms with Gasteiger partial charge < -0.3 is 14.5 Å². The molecule has 4 heteroatoms. The molecule has 118 valence electrons. The molecule has 0 saturated carbocycles. The Hall–Kier alpha value is -1.97. The summed E-state index contributed by atoms with van der Waals surface area (Å²) >= 11 is 0. The minimum Gasteiger partial charge on any atom is -0.497 e. The van der Waals surface area contributed by atoms with E-state index in [9.17, 15) is 4.79 Å². The Balaban J connectivity index is 1.53. The summed E-state index contributed by atoms with van der Waals surface area (Å²) in [4.78, 5) is 16.7. The predicted molar refractivity (Wildman–Crippen MR) is 88.3 cm³/mol. The van der Waals surface area contributed by atoms with Crippen LogP contribution in [0.25, 0.3) is 0 Å². The first-order chi connectivity index (χ1) is 10.8. The Labute approximate surface area is 132 Å². The third kappa shape index (κ3) is 3.43. The van der Waals surface area contributed by atoms with Crippen LogP contribution in [0, 0.1) is 5.92 Å². The van der Waals surface area contributed by atoms with E-state index in [0.29, 0.717) is 18.2 Å². The van der Waals surface area contributed by atoms with Crippen molar-refractivity contribution in [1.29, 1.82) is 0 Å². The summed E-state index contributed by atoms with van der Waals surface area (Å²) in [5.74, 6) is 1.65.